The maximum absolute atomic E-state index is 6.19. The molecule has 0 atom stereocenters. The average molecular weight is 286 g/mol. The molecule has 0 unspecified atom stereocenters. The number of nitrogens with one attached hydrogen (secondary N) is 1. The zero-order chi connectivity index (χ0) is 14.5. The Morgan fingerprint density at radius 2 is 2.14 bits per heavy atom. The van der Waals surface area contributed by atoms with Crippen molar-refractivity contribution in [2.45, 2.75) is 6.54 Å². The number of hydrogen-bond donors (Lipinski definition) is 2. The van der Waals surface area contributed by atoms with Gasteiger partial charge in [-0.2, -0.15) is 0 Å². The summed E-state index contributed by atoms with van der Waals surface area (Å²) < 4.78 is 5.35. The van der Waals surface area contributed by atoms with Crippen molar-refractivity contribution in [1.82, 2.24) is 15.0 Å². The van der Waals surface area contributed by atoms with Crippen LogP contribution in [0.3, 0.4) is 0 Å². The van der Waals surface area contributed by atoms with E-state index in [1.165, 1.54) is 6.33 Å². The minimum absolute atomic E-state index is 0.572. The summed E-state index contributed by atoms with van der Waals surface area (Å²) >= 11 is 0. The highest BCUT2D eigenvalue weighted by atomic mass is 16.5. The summed E-state index contributed by atoms with van der Waals surface area (Å²) in [4.78, 5) is 14.7. The number of nitrogens with two attached hydrogens (primary N) is 1. The summed E-state index contributed by atoms with van der Waals surface area (Å²) in [6, 6.07) is 3.90. The van der Waals surface area contributed by atoms with E-state index in [9.17, 15) is 0 Å². The van der Waals surface area contributed by atoms with Gasteiger partial charge in [0.15, 0.2) is 11.6 Å². The Hall–Kier alpha value is -2.41. The second-order valence-corrected chi connectivity index (χ2v) is 4.77. The predicted molar refractivity (Wildman–Crippen MR) is 81.0 cm³/mol. The lowest BCUT2D eigenvalue weighted by Crippen LogP contribution is -2.37. The zero-order valence-electron chi connectivity index (χ0n) is 11.7. The quantitative estimate of drug-likeness (QED) is 0.863. The monoisotopic (exact) mass is 286 g/mol. The molecule has 0 amide bonds. The Bertz CT molecular complexity index is 585. The Morgan fingerprint density at radius 3 is 2.90 bits per heavy atom. The number of ether oxygens (including phenoxy) is 1. The first-order valence-corrected chi connectivity index (χ1v) is 6.90. The van der Waals surface area contributed by atoms with Gasteiger partial charge < -0.3 is 20.7 Å². The predicted octanol–water partition coefficient (Wildman–Crippen LogP) is 0.902. The molecular formula is C14H18N6O. The summed E-state index contributed by atoms with van der Waals surface area (Å²) in [7, 11) is 0. The van der Waals surface area contributed by atoms with Gasteiger partial charge >= 0.3 is 0 Å². The van der Waals surface area contributed by atoms with Crippen LogP contribution in [0.25, 0.3) is 0 Å². The van der Waals surface area contributed by atoms with E-state index in [0.717, 1.165) is 24.5 Å². The Balaban J connectivity index is 1.73. The normalized spacial score (nSPS) is 15.0. The third kappa shape index (κ3) is 3.19. The topological polar surface area (TPSA) is 89.2 Å². The molecule has 7 nitrogen and oxygen atoms in total. The molecule has 2 aromatic heterocycles. The summed E-state index contributed by atoms with van der Waals surface area (Å²) in [5, 5.41) is 3.23. The fourth-order valence-electron chi connectivity index (χ4n) is 2.24. The average Bonchev–Trinajstić information content (AvgIpc) is 2.56. The molecular weight excluding hydrogens is 268 g/mol. The Morgan fingerprint density at radius 1 is 1.29 bits per heavy atom. The Kier molecular flexibility index (Phi) is 4.11. The first kappa shape index (κ1) is 13.6. The van der Waals surface area contributed by atoms with Crippen molar-refractivity contribution in [1.29, 1.82) is 0 Å². The lowest BCUT2D eigenvalue weighted by atomic mass is 10.3. The molecule has 7 heteroatoms. The van der Waals surface area contributed by atoms with Gasteiger partial charge in [-0.3, -0.25) is 4.98 Å². The van der Waals surface area contributed by atoms with Crippen molar-refractivity contribution in [3.8, 4) is 0 Å². The van der Waals surface area contributed by atoms with Crippen LogP contribution in [-0.4, -0.2) is 41.3 Å². The van der Waals surface area contributed by atoms with Crippen LogP contribution in [0.15, 0.2) is 30.9 Å². The first-order chi connectivity index (χ1) is 10.3. The first-order valence-electron chi connectivity index (χ1n) is 6.90. The molecule has 1 saturated heterocycles. The van der Waals surface area contributed by atoms with E-state index in [1.54, 1.807) is 6.20 Å². The molecule has 0 aliphatic carbocycles. The van der Waals surface area contributed by atoms with E-state index in [0.29, 0.717) is 31.3 Å². The van der Waals surface area contributed by atoms with Crippen LogP contribution in [0.1, 0.15) is 5.56 Å². The number of morpholine rings is 1. The molecule has 3 rings (SSSR count). The number of aromatic nitrogens is 3. The van der Waals surface area contributed by atoms with Crippen LogP contribution in [0.2, 0.25) is 0 Å². The van der Waals surface area contributed by atoms with Crippen LogP contribution in [0.4, 0.5) is 17.3 Å². The fraction of sp³-hybridized carbons (Fsp3) is 0.357. The summed E-state index contributed by atoms with van der Waals surface area (Å²) in [5.41, 5.74) is 7.84. The number of nitrogens with zero attached hydrogens (tertiary/aromatic N) is 4. The van der Waals surface area contributed by atoms with Crippen molar-refractivity contribution in [3.05, 3.63) is 36.4 Å². The molecule has 1 fully saturated rings. The largest absolute Gasteiger partial charge is 0.393 e. The van der Waals surface area contributed by atoms with Gasteiger partial charge in [0.1, 0.15) is 12.0 Å². The summed E-state index contributed by atoms with van der Waals surface area (Å²) in [6.45, 7) is 3.61. The van der Waals surface area contributed by atoms with E-state index in [2.05, 4.69) is 25.2 Å². The zero-order valence-corrected chi connectivity index (χ0v) is 11.7. The molecule has 21 heavy (non-hydrogen) atoms. The van der Waals surface area contributed by atoms with Gasteiger partial charge in [0.05, 0.1) is 13.2 Å². The smallest absolute Gasteiger partial charge is 0.157 e. The van der Waals surface area contributed by atoms with Crippen molar-refractivity contribution in [2.75, 3.05) is 42.3 Å². The third-order valence-corrected chi connectivity index (χ3v) is 3.36. The van der Waals surface area contributed by atoms with E-state index < -0.39 is 0 Å². The molecule has 3 heterocycles. The number of pyridine rings is 1. The van der Waals surface area contributed by atoms with Crippen LogP contribution < -0.4 is 16.0 Å². The van der Waals surface area contributed by atoms with E-state index in [-0.39, 0.29) is 0 Å². The van der Waals surface area contributed by atoms with Crippen molar-refractivity contribution in [3.63, 3.8) is 0 Å². The van der Waals surface area contributed by atoms with Crippen LogP contribution >= 0.6 is 0 Å². The molecule has 0 spiro atoms. The van der Waals surface area contributed by atoms with E-state index >= 15 is 0 Å². The van der Waals surface area contributed by atoms with Crippen LogP contribution in [0, 0.1) is 0 Å². The molecule has 1 aliphatic heterocycles. The van der Waals surface area contributed by atoms with Gasteiger partial charge in [0.25, 0.3) is 0 Å². The maximum Gasteiger partial charge on any atom is 0.157 e. The highest BCUT2D eigenvalue weighted by molar-refractivity contribution is 5.74. The molecule has 110 valence electrons. The minimum atomic E-state index is 0.572. The molecule has 3 N–H and O–H groups in total. The highest BCUT2D eigenvalue weighted by Gasteiger charge is 2.17. The molecule has 0 saturated carbocycles. The van der Waals surface area contributed by atoms with Crippen molar-refractivity contribution < 1.29 is 4.74 Å². The van der Waals surface area contributed by atoms with Gasteiger partial charge in [-0.15, -0.1) is 0 Å². The van der Waals surface area contributed by atoms with Gasteiger partial charge in [-0.25, -0.2) is 9.97 Å². The third-order valence-electron chi connectivity index (χ3n) is 3.36. The van der Waals surface area contributed by atoms with Gasteiger partial charge in [0.2, 0.25) is 0 Å². The fourth-order valence-corrected chi connectivity index (χ4v) is 2.24. The van der Waals surface area contributed by atoms with Crippen molar-refractivity contribution in [2.24, 2.45) is 0 Å². The van der Waals surface area contributed by atoms with E-state index in [1.807, 2.05) is 18.3 Å². The number of nitrogen functional groups attached to an aromatic ring is 1. The van der Waals surface area contributed by atoms with Gasteiger partial charge in [-0.05, 0) is 11.6 Å². The van der Waals surface area contributed by atoms with Crippen LogP contribution in [-0.2, 0) is 11.3 Å². The molecule has 0 radical (unpaired) electrons. The second-order valence-electron chi connectivity index (χ2n) is 4.77. The highest BCUT2D eigenvalue weighted by Crippen LogP contribution is 2.26. The standard InChI is InChI=1S/C14H18N6O/c15-12-13(17-9-11-2-1-3-16-8-11)18-10-19-14(12)20-4-6-21-7-5-20/h1-3,8,10H,4-7,9,15H2,(H,17,18,19). The minimum Gasteiger partial charge on any atom is -0.393 e. The number of rotatable bonds is 4. The van der Waals surface area contributed by atoms with Gasteiger partial charge in [0, 0.05) is 32.0 Å². The molecule has 1 aliphatic rings. The lowest BCUT2D eigenvalue weighted by Gasteiger charge is -2.28. The number of hydrogen-bond acceptors (Lipinski definition) is 7. The summed E-state index contributed by atoms with van der Waals surface area (Å²) in [5.74, 6) is 1.41. The summed E-state index contributed by atoms with van der Waals surface area (Å²) in [6.07, 6.45) is 5.10. The lowest BCUT2D eigenvalue weighted by molar-refractivity contribution is 0.122. The van der Waals surface area contributed by atoms with Gasteiger partial charge in [-0.1, -0.05) is 6.07 Å². The van der Waals surface area contributed by atoms with Crippen molar-refractivity contribution >= 4 is 17.3 Å². The van der Waals surface area contributed by atoms with E-state index in [4.69, 9.17) is 10.5 Å². The maximum atomic E-state index is 6.19. The molecule has 0 aromatic carbocycles. The Labute approximate surface area is 123 Å². The molecule has 0 bridgehead atoms. The SMILES string of the molecule is Nc1c(NCc2cccnc2)ncnc1N1CCOCC1. The van der Waals surface area contributed by atoms with Crippen LogP contribution in [0.5, 0.6) is 0 Å². The second kappa shape index (κ2) is 6.36. The number of anilines is 3. The molecule has 2 aromatic rings.